The molecule has 0 spiro atoms. The van der Waals surface area contributed by atoms with Crippen LogP contribution in [0.25, 0.3) is 0 Å². The van der Waals surface area contributed by atoms with Crippen molar-refractivity contribution in [2.45, 2.75) is 25.8 Å². The Hall–Kier alpha value is -1.06. The van der Waals surface area contributed by atoms with Crippen LogP contribution in [-0.4, -0.2) is 54.2 Å². The van der Waals surface area contributed by atoms with Gasteiger partial charge in [0.25, 0.3) is 0 Å². The smallest absolute Gasteiger partial charge is 0.115 e. The number of phenols is 1. The predicted molar refractivity (Wildman–Crippen MR) is 75.0 cm³/mol. The minimum absolute atomic E-state index is 0.350. The SMILES string of the molecule is CC(Cc1ccc(O)cc1)N1CCCN(C)CC1. The zero-order valence-electron chi connectivity index (χ0n) is 11.5. The number of hydrogen-bond acceptors (Lipinski definition) is 3. The summed E-state index contributed by atoms with van der Waals surface area (Å²) in [5.74, 6) is 0.350. The first-order valence-electron chi connectivity index (χ1n) is 6.85. The Morgan fingerprint density at radius 2 is 1.83 bits per heavy atom. The van der Waals surface area contributed by atoms with Crippen molar-refractivity contribution in [2.24, 2.45) is 0 Å². The molecule has 1 saturated heterocycles. The lowest BCUT2D eigenvalue weighted by Crippen LogP contribution is -2.37. The van der Waals surface area contributed by atoms with E-state index in [0.29, 0.717) is 11.8 Å². The molecule has 1 aromatic rings. The average Bonchev–Trinajstić information content (AvgIpc) is 2.57. The molecule has 1 atom stereocenters. The molecule has 1 aliphatic rings. The van der Waals surface area contributed by atoms with Crippen LogP contribution >= 0.6 is 0 Å². The first-order valence-corrected chi connectivity index (χ1v) is 6.85. The van der Waals surface area contributed by atoms with Gasteiger partial charge in [0.05, 0.1) is 0 Å². The van der Waals surface area contributed by atoms with E-state index < -0.39 is 0 Å². The summed E-state index contributed by atoms with van der Waals surface area (Å²) in [7, 11) is 2.20. The molecule has 3 heteroatoms. The second kappa shape index (κ2) is 6.21. The third-order valence-corrected chi connectivity index (χ3v) is 3.84. The molecule has 0 aliphatic carbocycles. The van der Waals surface area contributed by atoms with Crippen LogP contribution in [0.5, 0.6) is 5.75 Å². The van der Waals surface area contributed by atoms with E-state index in [0.717, 1.165) is 13.0 Å². The van der Waals surface area contributed by atoms with Crippen molar-refractivity contribution in [2.75, 3.05) is 33.2 Å². The summed E-state index contributed by atoms with van der Waals surface area (Å²) < 4.78 is 0. The van der Waals surface area contributed by atoms with Crippen molar-refractivity contribution < 1.29 is 5.11 Å². The van der Waals surface area contributed by atoms with Gasteiger partial charge in [0.15, 0.2) is 0 Å². The molecule has 1 N–H and O–H groups in total. The lowest BCUT2D eigenvalue weighted by molar-refractivity contribution is 0.214. The van der Waals surface area contributed by atoms with Crippen LogP contribution in [0.15, 0.2) is 24.3 Å². The van der Waals surface area contributed by atoms with E-state index >= 15 is 0 Å². The summed E-state index contributed by atoms with van der Waals surface area (Å²) in [5.41, 5.74) is 1.30. The fraction of sp³-hybridized carbons (Fsp3) is 0.600. The van der Waals surface area contributed by atoms with Gasteiger partial charge in [-0.05, 0) is 57.6 Å². The number of phenolic OH excluding ortho intramolecular Hbond substituents is 1. The molecule has 1 unspecified atom stereocenters. The Bertz CT molecular complexity index is 363. The molecule has 0 radical (unpaired) electrons. The molecule has 1 aromatic carbocycles. The minimum atomic E-state index is 0.350. The molecule has 3 nitrogen and oxygen atoms in total. The summed E-state index contributed by atoms with van der Waals surface area (Å²) in [6, 6.07) is 8.17. The number of nitrogens with zero attached hydrogens (tertiary/aromatic N) is 2. The Labute approximate surface area is 110 Å². The average molecular weight is 248 g/mol. The number of likely N-dealkylation sites (N-methyl/N-ethyl adjacent to an activating group) is 1. The molecule has 100 valence electrons. The second-order valence-electron chi connectivity index (χ2n) is 5.41. The lowest BCUT2D eigenvalue weighted by atomic mass is 10.1. The molecule has 0 saturated carbocycles. The third-order valence-electron chi connectivity index (χ3n) is 3.84. The van der Waals surface area contributed by atoms with Gasteiger partial charge >= 0.3 is 0 Å². The summed E-state index contributed by atoms with van der Waals surface area (Å²) in [6.45, 7) is 7.04. The summed E-state index contributed by atoms with van der Waals surface area (Å²) >= 11 is 0. The van der Waals surface area contributed by atoms with Crippen molar-refractivity contribution in [3.63, 3.8) is 0 Å². The summed E-state index contributed by atoms with van der Waals surface area (Å²) in [6.07, 6.45) is 2.32. The van der Waals surface area contributed by atoms with Gasteiger partial charge in [0.2, 0.25) is 0 Å². The normalized spacial score (nSPS) is 20.6. The molecule has 1 heterocycles. The van der Waals surface area contributed by atoms with Crippen molar-refractivity contribution in [1.29, 1.82) is 0 Å². The summed E-state index contributed by atoms with van der Waals surface area (Å²) in [5, 5.41) is 9.29. The van der Waals surface area contributed by atoms with Gasteiger partial charge in [-0.2, -0.15) is 0 Å². The quantitative estimate of drug-likeness (QED) is 0.886. The maximum Gasteiger partial charge on any atom is 0.115 e. The topological polar surface area (TPSA) is 26.7 Å². The van der Waals surface area contributed by atoms with Crippen LogP contribution in [-0.2, 0) is 6.42 Å². The molecular weight excluding hydrogens is 224 g/mol. The molecule has 0 aromatic heterocycles. The lowest BCUT2D eigenvalue weighted by Gasteiger charge is -2.27. The fourth-order valence-corrected chi connectivity index (χ4v) is 2.61. The first-order chi connectivity index (χ1) is 8.65. The van der Waals surface area contributed by atoms with Gasteiger partial charge in [-0.3, -0.25) is 4.90 Å². The Morgan fingerprint density at radius 3 is 2.56 bits per heavy atom. The van der Waals surface area contributed by atoms with Crippen LogP contribution < -0.4 is 0 Å². The molecule has 0 bridgehead atoms. The standard InChI is InChI=1S/C15H24N2O/c1-13(12-14-4-6-15(18)7-5-14)17-9-3-8-16(2)10-11-17/h4-7,13,18H,3,8-12H2,1-2H3. The maximum absolute atomic E-state index is 9.29. The van der Waals surface area contributed by atoms with E-state index in [-0.39, 0.29) is 0 Å². The van der Waals surface area contributed by atoms with E-state index in [9.17, 15) is 5.11 Å². The highest BCUT2D eigenvalue weighted by atomic mass is 16.3. The Morgan fingerprint density at radius 1 is 1.11 bits per heavy atom. The highest BCUT2D eigenvalue weighted by Crippen LogP contribution is 2.14. The molecule has 1 fully saturated rings. The Kier molecular flexibility index (Phi) is 4.61. The second-order valence-corrected chi connectivity index (χ2v) is 5.41. The van der Waals surface area contributed by atoms with Crippen LogP contribution in [0.1, 0.15) is 18.9 Å². The van der Waals surface area contributed by atoms with Gasteiger partial charge in [-0.15, -0.1) is 0 Å². The van der Waals surface area contributed by atoms with Crippen molar-refractivity contribution in [1.82, 2.24) is 9.80 Å². The van der Waals surface area contributed by atoms with Crippen molar-refractivity contribution in [3.05, 3.63) is 29.8 Å². The number of rotatable bonds is 3. The van der Waals surface area contributed by atoms with Gasteiger partial charge in [0, 0.05) is 19.1 Å². The van der Waals surface area contributed by atoms with E-state index in [4.69, 9.17) is 0 Å². The van der Waals surface area contributed by atoms with E-state index in [1.54, 1.807) is 12.1 Å². The van der Waals surface area contributed by atoms with Gasteiger partial charge in [-0.25, -0.2) is 0 Å². The maximum atomic E-state index is 9.29. The summed E-state index contributed by atoms with van der Waals surface area (Å²) in [4.78, 5) is 4.99. The highest BCUT2D eigenvalue weighted by molar-refractivity contribution is 5.26. The minimum Gasteiger partial charge on any atom is -0.508 e. The Balaban J connectivity index is 1.90. The predicted octanol–water partition coefficient (Wildman–Crippen LogP) is 1.96. The number of benzene rings is 1. The molecule has 2 rings (SSSR count). The van der Waals surface area contributed by atoms with E-state index in [1.807, 2.05) is 12.1 Å². The van der Waals surface area contributed by atoms with E-state index in [2.05, 4.69) is 23.8 Å². The van der Waals surface area contributed by atoms with Crippen LogP contribution in [0.3, 0.4) is 0 Å². The number of aromatic hydroxyl groups is 1. The fourth-order valence-electron chi connectivity index (χ4n) is 2.61. The van der Waals surface area contributed by atoms with Gasteiger partial charge in [0.1, 0.15) is 5.75 Å². The van der Waals surface area contributed by atoms with Crippen LogP contribution in [0.2, 0.25) is 0 Å². The zero-order chi connectivity index (χ0) is 13.0. The number of hydrogen-bond donors (Lipinski definition) is 1. The molecular formula is C15H24N2O. The van der Waals surface area contributed by atoms with Crippen LogP contribution in [0.4, 0.5) is 0 Å². The molecule has 18 heavy (non-hydrogen) atoms. The monoisotopic (exact) mass is 248 g/mol. The molecule has 0 amide bonds. The highest BCUT2D eigenvalue weighted by Gasteiger charge is 2.17. The van der Waals surface area contributed by atoms with E-state index in [1.165, 1.54) is 31.6 Å². The third kappa shape index (κ3) is 3.72. The van der Waals surface area contributed by atoms with Gasteiger partial charge in [-0.1, -0.05) is 12.1 Å². The van der Waals surface area contributed by atoms with Crippen molar-refractivity contribution >= 4 is 0 Å². The van der Waals surface area contributed by atoms with Crippen LogP contribution in [0, 0.1) is 0 Å². The van der Waals surface area contributed by atoms with Crippen molar-refractivity contribution in [3.8, 4) is 5.75 Å². The first kappa shape index (κ1) is 13.4. The van der Waals surface area contributed by atoms with Gasteiger partial charge < -0.3 is 10.0 Å². The largest absolute Gasteiger partial charge is 0.508 e. The molecule has 1 aliphatic heterocycles. The zero-order valence-corrected chi connectivity index (χ0v) is 11.5.